The van der Waals surface area contributed by atoms with Crippen LogP contribution in [0.2, 0.25) is 0 Å². The van der Waals surface area contributed by atoms with Crippen LogP contribution in [-0.4, -0.2) is 52.1 Å². The fraction of sp³-hybridized carbons (Fsp3) is 0.533. The standard InChI is InChI=1S/C30H39N5O7/c1-3-25(35-16-8-11-23(30(35)40)33-28(38)24-17-19(2)42-34-24)29(39)32-21(18-20-14-15-31-27(20)37)12-13-26(36)41-22-9-6-4-5-7-10-22/h8,11-13,16-17,20-22,25H,3-7,9-10,14-15,18H2,1-2H3,(H,31,37)(H,32,39)(H,33,38)/t20-,21+,25-/m0/s1. The van der Waals surface area contributed by atoms with Gasteiger partial charge in [0.05, 0.1) is 0 Å². The minimum atomic E-state index is -0.908. The molecule has 12 nitrogen and oxygen atoms in total. The van der Waals surface area contributed by atoms with E-state index in [-0.39, 0.29) is 35.7 Å². The molecule has 42 heavy (non-hydrogen) atoms. The number of hydrogen-bond acceptors (Lipinski definition) is 8. The maximum absolute atomic E-state index is 13.5. The van der Waals surface area contributed by atoms with Gasteiger partial charge >= 0.3 is 5.97 Å². The molecule has 1 aliphatic carbocycles. The Hall–Kier alpha value is -4.22. The number of esters is 1. The zero-order chi connectivity index (χ0) is 30.1. The molecule has 1 saturated carbocycles. The Bertz CT molecular complexity index is 1360. The summed E-state index contributed by atoms with van der Waals surface area (Å²) in [5.74, 6) is -1.52. The molecule has 0 spiro atoms. The Morgan fingerprint density at radius 1 is 1.19 bits per heavy atom. The van der Waals surface area contributed by atoms with Gasteiger partial charge < -0.3 is 29.8 Å². The summed E-state index contributed by atoms with van der Waals surface area (Å²) in [6.07, 6.45) is 11.4. The molecule has 2 aromatic rings. The average molecular weight is 582 g/mol. The molecule has 3 heterocycles. The van der Waals surface area contributed by atoms with Crippen LogP contribution in [0.5, 0.6) is 0 Å². The van der Waals surface area contributed by atoms with Gasteiger partial charge in [-0.15, -0.1) is 0 Å². The van der Waals surface area contributed by atoms with Gasteiger partial charge in [-0.2, -0.15) is 0 Å². The molecule has 1 saturated heterocycles. The van der Waals surface area contributed by atoms with Crippen molar-refractivity contribution in [2.24, 2.45) is 5.92 Å². The van der Waals surface area contributed by atoms with Crippen molar-refractivity contribution in [3.8, 4) is 0 Å². The summed E-state index contributed by atoms with van der Waals surface area (Å²) in [5.41, 5.74) is -0.563. The highest BCUT2D eigenvalue weighted by atomic mass is 16.5. The van der Waals surface area contributed by atoms with Gasteiger partial charge in [0.15, 0.2) is 5.69 Å². The second-order valence-corrected chi connectivity index (χ2v) is 10.9. The van der Waals surface area contributed by atoms with Crippen molar-refractivity contribution in [3.63, 3.8) is 0 Å². The number of nitrogens with one attached hydrogen (secondary N) is 3. The number of aryl methyl sites for hydroxylation is 1. The highest BCUT2D eigenvalue weighted by molar-refractivity contribution is 6.02. The Balaban J connectivity index is 1.47. The normalized spacial score (nSPS) is 19.1. The van der Waals surface area contributed by atoms with Crippen LogP contribution < -0.4 is 21.5 Å². The summed E-state index contributed by atoms with van der Waals surface area (Å²) < 4.78 is 11.8. The van der Waals surface area contributed by atoms with E-state index in [2.05, 4.69) is 21.1 Å². The molecular weight excluding hydrogens is 542 g/mol. The second kappa shape index (κ2) is 14.6. The SMILES string of the molecule is CC[C@@H](C(=O)N[C@H](C=CC(=O)OC1CCCCCC1)C[C@@H]1CCNC1=O)n1cccc(NC(=O)c2cc(C)on2)c1=O. The molecule has 226 valence electrons. The monoisotopic (exact) mass is 581 g/mol. The number of hydrogen-bond donors (Lipinski definition) is 3. The molecule has 0 unspecified atom stereocenters. The summed E-state index contributed by atoms with van der Waals surface area (Å²) >= 11 is 0. The van der Waals surface area contributed by atoms with E-state index in [1.54, 1.807) is 26.0 Å². The molecular formula is C30H39N5O7. The van der Waals surface area contributed by atoms with Crippen molar-refractivity contribution < 1.29 is 28.4 Å². The van der Waals surface area contributed by atoms with Crippen LogP contribution in [0.3, 0.4) is 0 Å². The van der Waals surface area contributed by atoms with Crippen LogP contribution in [0.4, 0.5) is 5.69 Å². The molecule has 0 aromatic carbocycles. The third kappa shape index (κ3) is 8.17. The van der Waals surface area contributed by atoms with Gasteiger partial charge in [0.2, 0.25) is 11.8 Å². The highest BCUT2D eigenvalue weighted by Gasteiger charge is 2.29. The van der Waals surface area contributed by atoms with Gasteiger partial charge in [0.1, 0.15) is 23.6 Å². The topological polar surface area (TPSA) is 162 Å². The maximum Gasteiger partial charge on any atom is 0.330 e. The number of nitrogens with zero attached hydrogens (tertiary/aromatic N) is 2. The van der Waals surface area contributed by atoms with E-state index in [0.29, 0.717) is 25.1 Å². The van der Waals surface area contributed by atoms with Crippen LogP contribution in [0.25, 0.3) is 0 Å². The van der Waals surface area contributed by atoms with Gasteiger partial charge in [-0.3, -0.25) is 19.2 Å². The first-order valence-electron chi connectivity index (χ1n) is 14.7. The lowest BCUT2D eigenvalue weighted by Gasteiger charge is -2.23. The van der Waals surface area contributed by atoms with Gasteiger partial charge in [-0.25, -0.2) is 4.79 Å². The second-order valence-electron chi connectivity index (χ2n) is 10.9. The van der Waals surface area contributed by atoms with E-state index in [1.807, 2.05) is 0 Å². The first kappa shape index (κ1) is 30.7. The van der Waals surface area contributed by atoms with E-state index in [4.69, 9.17) is 9.26 Å². The largest absolute Gasteiger partial charge is 0.459 e. The average Bonchev–Trinajstić information content (AvgIpc) is 3.49. The Morgan fingerprint density at radius 2 is 1.95 bits per heavy atom. The van der Waals surface area contributed by atoms with E-state index in [9.17, 15) is 24.0 Å². The van der Waals surface area contributed by atoms with Gasteiger partial charge in [0, 0.05) is 36.8 Å². The first-order chi connectivity index (χ1) is 20.2. The molecule has 0 bridgehead atoms. The summed E-state index contributed by atoms with van der Waals surface area (Å²) in [5, 5.41) is 11.9. The lowest BCUT2D eigenvalue weighted by molar-refractivity contribution is -0.143. The van der Waals surface area contributed by atoms with E-state index in [1.165, 1.54) is 29.0 Å². The quantitative estimate of drug-likeness (QED) is 0.207. The molecule has 2 aliphatic rings. The summed E-state index contributed by atoms with van der Waals surface area (Å²) in [4.78, 5) is 64.2. The molecule has 3 N–H and O–H groups in total. The number of anilines is 1. The van der Waals surface area contributed by atoms with Crippen LogP contribution in [0.1, 0.15) is 87.0 Å². The number of pyridine rings is 1. The molecule has 0 radical (unpaired) electrons. The smallest absolute Gasteiger partial charge is 0.330 e. The zero-order valence-electron chi connectivity index (χ0n) is 24.1. The van der Waals surface area contributed by atoms with Crippen LogP contribution in [0, 0.1) is 12.8 Å². The number of carbonyl (C=O) groups is 4. The lowest BCUT2D eigenvalue weighted by atomic mass is 9.97. The number of carbonyl (C=O) groups excluding carboxylic acids is 4. The minimum Gasteiger partial charge on any atom is -0.459 e. The van der Waals surface area contributed by atoms with Gasteiger partial charge in [0.25, 0.3) is 11.5 Å². The number of amides is 3. The molecule has 3 atom stereocenters. The zero-order valence-corrected chi connectivity index (χ0v) is 24.1. The Labute approximate surface area is 244 Å². The fourth-order valence-corrected chi connectivity index (χ4v) is 5.42. The molecule has 2 aromatic heterocycles. The fourth-order valence-electron chi connectivity index (χ4n) is 5.42. The van der Waals surface area contributed by atoms with Crippen LogP contribution in [-0.2, 0) is 19.1 Å². The third-order valence-corrected chi connectivity index (χ3v) is 7.69. The van der Waals surface area contributed by atoms with Crippen molar-refractivity contribution in [1.82, 2.24) is 20.4 Å². The van der Waals surface area contributed by atoms with E-state index < -0.39 is 35.4 Å². The minimum absolute atomic E-state index is 0.0188. The molecule has 1 aliphatic heterocycles. The maximum atomic E-state index is 13.5. The molecule has 12 heteroatoms. The Morgan fingerprint density at radius 3 is 2.60 bits per heavy atom. The summed E-state index contributed by atoms with van der Waals surface area (Å²) in [7, 11) is 0. The van der Waals surface area contributed by atoms with Crippen LogP contribution in [0.15, 0.2) is 45.9 Å². The van der Waals surface area contributed by atoms with Crippen molar-refractivity contribution in [1.29, 1.82) is 0 Å². The van der Waals surface area contributed by atoms with E-state index in [0.717, 1.165) is 38.5 Å². The Kier molecular flexibility index (Phi) is 10.7. The van der Waals surface area contributed by atoms with E-state index >= 15 is 0 Å². The van der Waals surface area contributed by atoms with Crippen molar-refractivity contribution in [2.45, 2.75) is 89.8 Å². The predicted molar refractivity (Wildman–Crippen MR) is 154 cm³/mol. The highest BCUT2D eigenvalue weighted by Crippen LogP contribution is 2.21. The first-order valence-corrected chi connectivity index (χ1v) is 14.7. The summed E-state index contributed by atoms with van der Waals surface area (Å²) in [6.45, 7) is 3.96. The van der Waals surface area contributed by atoms with Gasteiger partial charge in [-0.1, -0.05) is 31.0 Å². The lowest BCUT2D eigenvalue weighted by Crippen LogP contribution is -2.43. The van der Waals surface area contributed by atoms with Crippen molar-refractivity contribution in [2.75, 3.05) is 11.9 Å². The van der Waals surface area contributed by atoms with Crippen LogP contribution >= 0.6 is 0 Å². The molecule has 4 rings (SSSR count). The predicted octanol–water partition coefficient (Wildman–Crippen LogP) is 3.18. The number of rotatable bonds is 11. The van der Waals surface area contributed by atoms with Crippen molar-refractivity contribution in [3.05, 3.63) is 58.4 Å². The third-order valence-electron chi connectivity index (χ3n) is 7.69. The molecule has 2 fully saturated rings. The summed E-state index contributed by atoms with van der Waals surface area (Å²) in [6, 6.07) is 2.90. The van der Waals surface area contributed by atoms with Gasteiger partial charge in [-0.05, 0) is 64.0 Å². The van der Waals surface area contributed by atoms with Crippen molar-refractivity contribution >= 4 is 29.4 Å². The number of ether oxygens (including phenoxy) is 1. The molecule has 3 amide bonds. The number of aromatic nitrogens is 2.